The van der Waals surface area contributed by atoms with Gasteiger partial charge in [-0.3, -0.25) is 14.9 Å². The van der Waals surface area contributed by atoms with Gasteiger partial charge >= 0.3 is 12.1 Å². The van der Waals surface area contributed by atoms with Crippen molar-refractivity contribution < 1.29 is 34.1 Å². The van der Waals surface area contributed by atoms with Crippen LogP contribution in [0.4, 0.5) is 4.79 Å². The van der Waals surface area contributed by atoms with Crippen molar-refractivity contribution in [1.29, 1.82) is 0 Å². The van der Waals surface area contributed by atoms with Crippen LogP contribution in [0.3, 0.4) is 0 Å². The summed E-state index contributed by atoms with van der Waals surface area (Å²) in [5.41, 5.74) is 1.67. The van der Waals surface area contributed by atoms with Crippen LogP contribution >= 0.6 is 0 Å². The third-order valence-corrected chi connectivity index (χ3v) is 4.03. The van der Waals surface area contributed by atoms with Crippen molar-refractivity contribution in [2.24, 2.45) is 0 Å². The molecule has 1 heterocycles. The largest absolute Gasteiger partial charge is 0.480 e. The summed E-state index contributed by atoms with van der Waals surface area (Å²) in [6, 6.07) is 17.3. The Bertz CT molecular complexity index is 871. The van der Waals surface area contributed by atoms with Crippen LogP contribution < -0.4 is 10.6 Å². The van der Waals surface area contributed by atoms with E-state index in [9.17, 15) is 24.3 Å². The zero-order chi connectivity index (χ0) is 21.9. The molecule has 0 spiro atoms. The van der Waals surface area contributed by atoms with Crippen LogP contribution in [-0.4, -0.2) is 46.2 Å². The molecule has 30 heavy (non-hydrogen) atoms. The monoisotopic (exact) mass is 414 g/mol. The number of amides is 3. The maximum absolute atomic E-state index is 11.7. The number of carboxylic acid groups (broad SMARTS) is 1. The minimum Gasteiger partial charge on any atom is -0.480 e. The molecular formula is C21H22N2O7. The van der Waals surface area contributed by atoms with Gasteiger partial charge in [-0.2, -0.15) is 0 Å². The molecule has 0 bridgehead atoms. The molecular weight excluding hydrogens is 392 g/mol. The molecule has 2 aromatic rings. The molecule has 1 fully saturated rings. The number of aliphatic carboxylic acids is 1. The summed E-state index contributed by atoms with van der Waals surface area (Å²) in [6.45, 7) is 0.102. The second-order valence-corrected chi connectivity index (χ2v) is 6.42. The number of hydrogen-bond acceptors (Lipinski definition) is 6. The standard InChI is InChI=1S/C17H17NO4.C4H5NO3/c19-16(20)15(11-13-7-3-1-4-8-13)18-17(21)22-12-14-9-5-2-6-10-14;6-2-1-3(7)5-4(2)8/h1-10,15H,11-12H2,(H,18,21)(H,19,20);2,6H,1H2,(H,5,7,8)/t15-;/m0./s1. The number of rotatable bonds is 6. The van der Waals surface area contributed by atoms with E-state index in [1.54, 1.807) is 0 Å². The SMILES string of the molecule is O=C(N[C@@H](Cc1ccccc1)C(=O)O)OCc1ccccc1.O=C1CC(O)C(=O)N1. The second-order valence-electron chi connectivity index (χ2n) is 6.42. The fraction of sp³-hybridized carbons (Fsp3) is 0.238. The van der Waals surface area contributed by atoms with Crippen LogP contribution in [-0.2, 0) is 32.1 Å². The number of carbonyl (C=O) groups excluding carboxylic acids is 3. The Kier molecular flexibility index (Phi) is 8.52. The Balaban J connectivity index is 0.000000335. The first kappa shape index (κ1) is 22.6. The van der Waals surface area contributed by atoms with Gasteiger partial charge in [0.2, 0.25) is 5.91 Å². The van der Waals surface area contributed by atoms with E-state index in [-0.39, 0.29) is 19.4 Å². The number of carbonyl (C=O) groups is 4. The molecule has 2 atom stereocenters. The molecule has 0 aromatic heterocycles. The first-order valence-corrected chi connectivity index (χ1v) is 9.11. The molecule has 158 valence electrons. The first-order chi connectivity index (χ1) is 14.3. The van der Waals surface area contributed by atoms with Gasteiger partial charge in [0, 0.05) is 6.42 Å². The first-order valence-electron chi connectivity index (χ1n) is 9.11. The summed E-state index contributed by atoms with van der Waals surface area (Å²) in [4.78, 5) is 43.3. The van der Waals surface area contributed by atoms with Crippen LogP contribution in [0, 0.1) is 0 Å². The molecule has 3 amide bonds. The van der Waals surface area contributed by atoms with E-state index in [2.05, 4.69) is 5.32 Å². The van der Waals surface area contributed by atoms with Crippen molar-refractivity contribution in [1.82, 2.24) is 10.6 Å². The zero-order valence-electron chi connectivity index (χ0n) is 16.0. The van der Waals surface area contributed by atoms with Gasteiger partial charge in [0.25, 0.3) is 5.91 Å². The predicted molar refractivity (Wildman–Crippen MR) is 105 cm³/mol. The van der Waals surface area contributed by atoms with Crippen molar-refractivity contribution in [3.05, 3.63) is 71.8 Å². The highest BCUT2D eigenvalue weighted by Gasteiger charge is 2.27. The van der Waals surface area contributed by atoms with Gasteiger partial charge in [-0.05, 0) is 11.1 Å². The molecule has 1 saturated heterocycles. The molecule has 0 radical (unpaired) electrons. The number of carboxylic acids is 1. The normalized spacial score (nSPS) is 16.0. The van der Waals surface area contributed by atoms with Crippen molar-refractivity contribution in [3.63, 3.8) is 0 Å². The average Bonchev–Trinajstić information content (AvgIpc) is 3.03. The number of ether oxygens (including phenoxy) is 1. The van der Waals surface area contributed by atoms with E-state index in [4.69, 9.17) is 9.84 Å². The number of aliphatic hydroxyl groups is 1. The zero-order valence-corrected chi connectivity index (χ0v) is 16.0. The lowest BCUT2D eigenvalue weighted by Gasteiger charge is -2.14. The van der Waals surface area contributed by atoms with Crippen LogP contribution in [0.15, 0.2) is 60.7 Å². The molecule has 9 nitrogen and oxygen atoms in total. The molecule has 3 rings (SSSR count). The second kappa shape index (κ2) is 11.3. The Hall–Kier alpha value is -3.72. The summed E-state index contributed by atoms with van der Waals surface area (Å²) in [5, 5.41) is 22.0. The third-order valence-electron chi connectivity index (χ3n) is 4.03. The smallest absolute Gasteiger partial charge is 0.408 e. The molecule has 2 aromatic carbocycles. The van der Waals surface area contributed by atoms with E-state index in [1.165, 1.54) is 0 Å². The quantitative estimate of drug-likeness (QED) is 0.517. The van der Waals surface area contributed by atoms with E-state index >= 15 is 0 Å². The van der Waals surface area contributed by atoms with Crippen molar-refractivity contribution in [2.75, 3.05) is 0 Å². The molecule has 1 unspecified atom stereocenters. The lowest BCUT2D eigenvalue weighted by atomic mass is 10.1. The van der Waals surface area contributed by atoms with Crippen molar-refractivity contribution in [2.45, 2.75) is 31.6 Å². The highest BCUT2D eigenvalue weighted by Crippen LogP contribution is 2.05. The van der Waals surface area contributed by atoms with Crippen molar-refractivity contribution >= 4 is 23.9 Å². The Labute approximate surface area is 172 Å². The fourth-order valence-corrected chi connectivity index (χ4v) is 2.50. The summed E-state index contributed by atoms with van der Waals surface area (Å²) < 4.78 is 5.03. The number of alkyl carbamates (subject to hydrolysis) is 1. The number of benzene rings is 2. The summed E-state index contributed by atoms with van der Waals surface area (Å²) in [6.07, 6.45) is -1.73. The van der Waals surface area contributed by atoms with Crippen LogP contribution in [0.1, 0.15) is 17.5 Å². The highest BCUT2D eigenvalue weighted by molar-refractivity contribution is 6.04. The summed E-state index contributed by atoms with van der Waals surface area (Å²) in [5.74, 6) is -2.09. The lowest BCUT2D eigenvalue weighted by molar-refractivity contribution is -0.139. The van der Waals surface area contributed by atoms with E-state index < -0.39 is 36.0 Å². The molecule has 0 aliphatic carbocycles. The van der Waals surface area contributed by atoms with Gasteiger partial charge in [0.1, 0.15) is 18.8 Å². The van der Waals surface area contributed by atoms with Gasteiger partial charge in [0.15, 0.2) is 0 Å². The minimum absolute atomic E-state index is 0.0845. The number of hydrogen-bond donors (Lipinski definition) is 4. The van der Waals surface area contributed by atoms with E-state index in [0.717, 1.165) is 11.1 Å². The number of nitrogens with one attached hydrogen (secondary N) is 2. The Morgan fingerprint density at radius 3 is 2.03 bits per heavy atom. The van der Waals surface area contributed by atoms with Gasteiger partial charge in [-0.15, -0.1) is 0 Å². The average molecular weight is 414 g/mol. The molecule has 9 heteroatoms. The summed E-state index contributed by atoms with van der Waals surface area (Å²) in [7, 11) is 0. The highest BCUT2D eigenvalue weighted by atomic mass is 16.5. The number of imide groups is 1. The van der Waals surface area contributed by atoms with E-state index in [0.29, 0.717) is 0 Å². The van der Waals surface area contributed by atoms with Crippen LogP contribution in [0.5, 0.6) is 0 Å². The number of aliphatic hydroxyl groups excluding tert-OH is 1. The third kappa shape index (κ3) is 7.72. The van der Waals surface area contributed by atoms with Crippen LogP contribution in [0.25, 0.3) is 0 Å². The van der Waals surface area contributed by atoms with Gasteiger partial charge in [-0.1, -0.05) is 60.7 Å². The Morgan fingerprint density at radius 1 is 1.03 bits per heavy atom. The summed E-state index contributed by atoms with van der Waals surface area (Å²) >= 11 is 0. The fourth-order valence-electron chi connectivity index (χ4n) is 2.50. The molecule has 0 saturated carbocycles. The Morgan fingerprint density at radius 2 is 1.60 bits per heavy atom. The maximum atomic E-state index is 11.7. The molecule has 1 aliphatic rings. The van der Waals surface area contributed by atoms with E-state index in [1.807, 2.05) is 66.0 Å². The maximum Gasteiger partial charge on any atom is 0.408 e. The molecule has 1 aliphatic heterocycles. The minimum atomic E-state index is -1.11. The lowest BCUT2D eigenvalue weighted by Crippen LogP contribution is -2.42. The van der Waals surface area contributed by atoms with Gasteiger partial charge in [-0.25, -0.2) is 9.59 Å². The van der Waals surface area contributed by atoms with Gasteiger partial charge < -0.3 is 20.3 Å². The van der Waals surface area contributed by atoms with Gasteiger partial charge in [0.05, 0.1) is 6.42 Å². The molecule has 4 N–H and O–H groups in total. The van der Waals surface area contributed by atoms with Crippen LogP contribution in [0.2, 0.25) is 0 Å². The predicted octanol–water partition coefficient (Wildman–Crippen LogP) is 1.00. The van der Waals surface area contributed by atoms with Crippen molar-refractivity contribution in [3.8, 4) is 0 Å². The topological polar surface area (TPSA) is 142 Å².